The molecule has 0 atom stereocenters. The number of thiophene rings is 1. The Morgan fingerprint density at radius 3 is 2.29 bits per heavy atom. The van der Waals surface area contributed by atoms with Gasteiger partial charge in [-0.15, -0.1) is 11.3 Å². The monoisotopic (exact) mass is 465 g/mol. The highest BCUT2D eigenvalue weighted by Crippen LogP contribution is 2.36. The number of anilines is 3. The molecule has 0 spiro atoms. The van der Waals surface area contributed by atoms with Crippen LogP contribution < -0.4 is 15.0 Å². The SMILES string of the molecule is CCN(CC)c1nc(Nc2ccc3ccsc3c2)nc(OC(C(F)(F)F)C(F)(F)F)n1. The highest BCUT2D eigenvalue weighted by Gasteiger charge is 2.59. The number of nitrogens with one attached hydrogen (secondary N) is 1. The van der Waals surface area contributed by atoms with Gasteiger partial charge in [0, 0.05) is 23.5 Å². The second kappa shape index (κ2) is 8.73. The predicted octanol–water partition coefficient (Wildman–Crippen LogP) is 5.55. The fourth-order valence-electron chi connectivity index (χ4n) is 2.69. The summed E-state index contributed by atoms with van der Waals surface area (Å²) in [6.07, 6.45) is -15.5. The molecule has 0 saturated heterocycles. The first-order valence-corrected chi connectivity index (χ1v) is 9.94. The van der Waals surface area contributed by atoms with Gasteiger partial charge in [-0.2, -0.15) is 41.3 Å². The second-order valence-corrected chi connectivity index (χ2v) is 7.24. The second-order valence-electron chi connectivity index (χ2n) is 6.29. The molecule has 6 nitrogen and oxygen atoms in total. The molecule has 168 valence electrons. The van der Waals surface area contributed by atoms with E-state index >= 15 is 0 Å². The molecule has 31 heavy (non-hydrogen) atoms. The van der Waals surface area contributed by atoms with Crippen molar-refractivity contribution in [1.82, 2.24) is 15.0 Å². The minimum absolute atomic E-state index is 0.113. The summed E-state index contributed by atoms with van der Waals surface area (Å²) in [5, 5.41) is 5.66. The topological polar surface area (TPSA) is 63.2 Å². The lowest BCUT2D eigenvalue weighted by atomic mass is 10.2. The molecule has 0 aliphatic carbocycles. The van der Waals surface area contributed by atoms with Gasteiger partial charge in [0.2, 0.25) is 11.9 Å². The van der Waals surface area contributed by atoms with E-state index in [2.05, 4.69) is 25.0 Å². The van der Waals surface area contributed by atoms with E-state index in [9.17, 15) is 26.3 Å². The molecule has 3 aromatic rings. The Morgan fingerprint density at radius 2 is 1.68 bits per heavy atom. The lowest BCUT2D eigenvalue weighted by molar-refractivity contribution is -0.301. The fourth-order valence-corrected chi connectivity index (χ4v) is 3.52. The number of alkyl halides is 6. The molecule has 13 heteroatoms. The van der Waals surface area contributed by atoms with Gasteiger partial charge < -0.3 is 15.0 Å². The van der Waals surface area contributed by atoms with Gasteiger partial charge in [-0.25, -0.2) is 0 Å². The normalized spacial score (nSPS) is 12.4. The number of ether oxygens (including phenoxy) is 1. The molecule has 0 fully saturated rings. The van der Waals surface area contributed by atoms with E-state index in [1.54, 1.807) is 36.9 Å². The standard InChI is InChI=1S/C18H17F6N5OS/c1-3-29(4-2)15-26-14(25-11-6-5-10-7-8-31-12(10)9-11)27-16(28-15)30-13(17(19,20)21)18(22,23)24/h5-9,13H,3-4H2,1-2H3,(H,25,26,27,28). The molecule has 0 bridgehead atoms. The zero-order valence-corrected chi connectivity index (χ0v) is 17.1. The van der Waals surface area contributed by atoms with Gasteiger partial charge in [-0.1, -0.05) is 6.07 Å². The molecule has 0 amide bonds. The van der Waals surface area contributed by atoms with Gasteiger partial charge in [0.05, 0.1) is 0 Å². The summed E-state index contributed by atoms with van der Waals surface area (Å²) >= 11 is 1.47. The van der Waals surface area contributed by atoms with Crippen molar-refractivity contribution in [2.24, 2.45) is 0 Å². The van der Waals surface area contributed by atoms with Crippen LogP contribution in [0.2, 0.25) is 0 Å². The van der Waals surface area contributed by atoms with Crippen molar-refractivity contribution >= 4 is 39.0 Å². The molecule has 0 aliphatic rings. The lowest BCUT2D eigenvalue weighted by Crippen LogP contribution is -2.47. The van der Waals surface area contributed by atoms with Gasteiger partial charge in [-0.3, -0.25) is 0 Å². The summed E-state index contributed by atoms with van der Waals surface area (Å²) in [4.78, 5) is 13.0. The van der Waals surface area contributed by atoms with Crippen LogP contribution >= 0.6 is 11.3 Å². The number of hydrogen-bond donors (Lipinski definition) is 1. The van der Waals surface area contributed by atoms with Crippen LogP contribution in [0, 0.1) is 0 Å². The Bertz CT molecular complexity index is 1020. The third-order valence-electron chi connectivity index (χ3n) is 4.18. The summed E-state index contributed by atoms with van der Waals surface area (Å²) in [6.45, 7) is 4.20. The van der Waals surface area contributed by atoms with E-state index < -0.39 is 24.5 Å². The first-order chi connectivity index (χ1) is 14.5. The van der Waals surface area contributed by atoms with E-state index in [4.69, 9.17) is 0 Å². The zero-order chi connectivity index (χ0) is 22.8. The van der Waals surface area contributed by atoms with Crippen molar-refractivity contribution in [2.45, 2.75) is 32.3 Å². The van der Waals surface area contributed by atoms with Crippen molar-refractivity contribution in [3.63, 3.8) is 0 Å². The van der Waals surface area contributed by atoms with Crippen LogP contribution in [0.5, 0.6) is 6.01 Å². The van der Waals surface area contributed by atoms with Crippen molar-refractivity contribution in [1.29, 1.82) is 0 Å². The average molecular weight is 465 g/mol. The van der Waals surface area contributed by atoms with Crippen molar-refractivity contribution < 1.29 is 31.1 Å². The van der Waals surface area contributed by atoms with Gasteiger partial charge in [0.25, 0.3) is 6.10 Å². The summed E-state index contributed by atoms with van der Waals surface area (Å²) in [6, 6.07) is 6.07. The van der Waals surface area contributed by atoms with E-state index in [-0.39, 0.29) is 11.9 Å². The Hall–Kier alpha value is -2.83. The van der Waals surface area contributed by atoms with Crippen molar-refractivity contribution in [3.8, 4) is 6.01 Å². The lowest BCUT2D eigenvalue weighted by Gasteiger charge is -2.24. The maximum atomic E-state index is 12.9. The average Bonchev–Trinajstić information content (AvgIpc) is 3.13. The minimum atomic E-state index is -5.70. The molecule has 2 aromatic heterocycles. The Kier molecular flexibility index (Phi) is 6.43. The molecule has 0 aliphatic heterocycles. The van der Waals surface area contributed by atoms with Crippen LogP contribution in [-0.2, 0) is 0 Å². The quantitative estimate of drug-likeness (QED) is 0.462. The molecular weight excluding hydrogens is 448 g/mol. The van der Waals surface area contributed by atoms with Crippen molar-refractivity contribution in [2.75, 3.05) is 23.3 Å². The number of benzene rings is 1. The summed E-state index contributed by atoms with van der Waals surface area (Å²) in [5.74, 6) is -0.358. The number of nitrogens with zero attached hydrogens (tertiary/aromatic N) is 4. The first-order valence-electron chi connectivity index (χ1n) is 9.06. The van der Waals surface area contributed by atoms with Gasteiger partial charge in [0.15, 0.2) is 0 Å². The number of aromatic nitrogens is 3. The summed E-state index contributed by atoms with van der Waals surface area (Å²) in [7, 11) is 0. The smallest absolute Gasteiger partial charge is 0.434 e. The van der Waals surface area contributed by atoms with E-state index in [0.29, 0.717) is 18.8 Å². The van der Waals surface area contributed by atoms with Crippen LogP contribution in [0.25, 0.3) is 10.1 Å². The highest BCUT2D eigenvalue weighted by atomic mass is 32.1. The number of halogens is 6. The predicted molar refractivity (Wildman–Crippen MR) is 105 cm³/mol. The van der Waals surface area contributed by atoms with Gasteiger partial charge >= 0.3 is 18.4 Å². The summed E-state index contributed by atoms with van der Waals surface area (Å²) < 4.78 is 82.6. The number of rotatable bonds is 7. The largest absolute Gasteiger partial charge is 0.440 e. The molecule has 0 unspecified atom stereocenters. The van der Waals surface area contributed by atoms with E-state index in [1.165, 1.54) is 11.3 Å². The molecular formula is C18H17F6N5OS. The van der Waals surface area contributed by atoms with Crippen LogP contribution in [0.4, 0.5) is 43.9 Å². The molecule has 0 radical (unpaired) electrons. The fraction of sp³-hybridized carbons (Fsp3) is 0.389. The number of hydrogen-bond acceptors (Lipinski definition) is 7. The Balaban J connectivity index is 1.99. The maximum Gasteiger partial charge on any atom is 0.434 e. The highest BCUT2D eigenvalue weighted by molar-refractivity contribution is 7.17. The minimum Gasteiger partial charge on any atom is -0.440 e. The van der Waals surface area contributed by atoms with Crippen LogP contribution in [0.1, 0.15) is 13.8 Å². The third-order valence-corrected chi connectivity index (χ3v) is 5.06. The molecule has 1 aromatic carbocycles. The summed E-state index contributed by atoms with van der Waals surface area (Å²) in [5.41, 5.74) is 0.501. The van der Waals surface area contributed by atoms with Crippen LogP contribution in [-0.4, -0.2) is 46.5 Å². The number of fused-ring (bicyclic) bond motifs is 1. The van der Waals surface area contributed by atoms with Gasteiger partial charge in [-0.05, 0) is 42.8 Å². The molecule has 3 rings (SSSR count). The van der Waals surface area contributed by atoms with E-state index in [0.717, 1.165) is 10.1 Å². The zero-order valence-electron chi connectivity index (χ0n) is 16.3. The van der Waals surface area contributed by atoms with Crippen LogP contribution in [0.3, 0.4) is 0 Å². The van der Waals surface area contributed by atoms with Crippen molar-refractivity contribution in [3.05, 3.63) is 29.6 Å². The maximum absolute atomic E-state index is 12.9. The molecule has 0 saturated carbocycles. The van der Waals surface area contributed by atoms with Crippen LogP contribution in [0.15, 0.2) is 29.6 Å². The Morgan fingerprint density at radius 1 is 1.00 bits per heavy atom. The Labute approximate surface area is 176 Å². The van der Waals surface area contributed by atoms with Gasteiger partial charge in [0.1, 0.15) is 0 Å². The molecule has 2 heterocycles. The third kappa shape index (κ3) is 5.46. The first kappa shape index (κ1) is 22.8. The molecule has 1 N–H and O–H groups in total. The van der Waals surface area contributed by atoms with E-state index in [1.807, 2.05) is 11.4 Å².